The number of hydrazone groups is 1. The van der Waals surface area contributed by atoms with Gasteiger partial charge in [-0.1, -0.05) is 127 Å². The zero-order valence-corrected chi connectivity index (χ0v) is 27.5. The molecule has 0 atom stereocenters. The highest BCUT2D eigenvalue weighted by Crippen LogP contribution is 2.13. The Bertz CT molecular complexity index is 596. The Kier molecular flexibility index (Phi) is 32.2. The lowest BCUT2D eigenvalue weighted by Crippen LogP contribution is -2.24. The van der Waals surface area contributed by atoms with Gasteiger partial charge < -0.3 is 10.3 Å². The van der Waals surface area contributed by atoms with Crippen molar-refractivity contribution in [1.82, 2.24) is 10.3 Å². The van der Waals surface area contributed by atoms with Gasteiger partial charge in [0.1, 0.15) is 0 Å². The summed E-state index contributed by atoms with van der Waals surface area (Å²) in [6.07, 6.45) is 46.7. The number of hydrogen-bond acceptors (Lipinski definition) is 3. The maximum atomic E-state index is 4.80. The topological polar surface area (TPSA) is 27.6 Å². The van der Waals surface area contributed by atoms with Gasteiger partial charge in [-0.25, -0.2) is 0 Å². The third kappa shape index (κ3) is 32.6. The van der Waals surface area contributed by atoms with Gasteiger partial charge >= 0.3 is 0 Å². The maximum absolute atomic E-state index is 4.80. The first-order valence-corrected chi connectivity index (χ1v) is 17.3. The van der Waals surface area contributed by atoms with Crippen LogP contribution in [0.4, 0.5) is 0 Å². The van der Waals surface area contributed by atoms with Crippen LogP contribution in [0.2, 0.25) is 0 Å². The lowest BCUT2D eigenvalue weighted by Gasteiger charge is -2.11. The van der Waals surface area contributed by atoms with Crippen LogP contribution in [-0.4, -0.2) is 37.8 Å². The highest BCUT2D eigenvalue weighted by atomic mass is 15.3. The maximum Gasteiger partial charge on any atom is 0.0456 e. The van der Waals surface area contributed by atoms with E-state index in [2.05, 4.69) is 86.9 Å². The standard InChI is InChI=1S/C37H69N3/c1-5-7-9-11-13-15-17-19-21-23-25-27-29-31-33-37(39-38-35-36-40(3)4)34-32-30-28-26-24-22-20-18-16-14-12-10-8-6-2/h13-20,38H,5-12,21-36H2,1-4H3/b15-13+,16-14+,19-17+,20-18+. The van der Waals surface area contributed by atoms with Gasteiger partial charge in [-0.15, -0.1) is 0 Å². The Labute approximate surface area is 251 Å². The van der Waals surface area contributed by atoms with Crippen molar-refractivity contribution >= 4 is 5.71 Å². The molecule has 0 radical (unpaired) electrons. The van der Waals surface area contributed by atoms with Crippen molar-refractivity contribution < 1.29 is 0 Å². The molecule has 0 rings (SSSR count). The smallest absolute Gasteiger partial charge is 0.0456 e. The third-order valence-corrected chi connectivity index (χ3v) is 7.30. The molecular weight excluding hydrogens is 486 g/mol. The van der Waals surface area contributed by atoms with E-state index in [1.54, 1.807) is 0 Å². The molecule has 0 aliphatic rings. The van der Waals surface area contributed by atoms with Crippen molar-refractivity contribution in [2.75, 3.05) is 27.2 Å². The minimum absolute atomic E-state index is 0.930. The molecule has 0 aromatic rings. The van der Waals surface area contributed by atoms with Crippen molar-refractivity contribution in [1.29, 1.82) is 0 Å². The van der Waals surface area contributed by atoms with E-state index in [0.717, 1.165) is 25.9 Å². The van der Waals surface area contributed by atoms with Crippen LogP contribution in [-0.2, 0) is 0 Å². The first-order chi connectivity index (χ1) is 19.7. The van der Waals surface area contributed by atoms with Crippen molar-refractivity contribution in [3.05, 3.63) is 48.6 Å². The highest BCUT2D eigenvalue weighted by molar-refractivity contribution is 5.84. The van der Waals surface area contributed by atoms with Gasteiger partial charge in [-0.3, -0.25) is 0 Å². The summed E-state index contributed by atoms with van der Waals surface area (Å²) in [5.74, 6) is 0. The molecule has 0 heterocycles. The van der Waals surface area contributed by atoms with E-state index >= 15 is 0 Å². The molecule has 0 aromatic carbocycles. The first kappa shape index (κ1) is 38.4. The Morgan fingerprint density at radius 3 is 1.30 bits per heavy atom. The van der Waals surface area contributed by atoms with Crippen molar-refractivity contribution in [3.63, 3.8) is 0 Å². The molecule has 0 saturated heterocycles. The number of likely N-dealkylation sites (N-methyl/N-ethyl adjacent to an activating group) is 1. The predicted molar refractivity (Wildman–Crippen MR) is 183 cm³/mol. The van der Waals surface area contributed by atoms with Gasteiger partial charge in [0.15, 0.2) is 0 Å². The van der Waals surface area contributed by atoms with Crippen molar-refractivity contribution in [2.24, 2.45) is 5.10 Å². The van der Waals surface area contributed by atoms with Crippen LogP contribution < -0.4 is 5.43 Å². The monoisotopic (exact) mass is 556 g/mol. The summed E-state index contributed by atoms with van der Waals surface area (Å²) in [5, 5.41) is 4.80. The molecule has 40 heavy (non-hydrogen) atoms. The number of allylic oxidation sites excluding steroid dienone is 8. The second-order valence-corrected chi connectivity index (χ2v) is 11.7. The van der Waals surface area contributed by atoms with Gasteiger partial charge in [0, 0.05) is 18.8 Å². The van der Waals surface area contributed by atoms with Gasteiger partial charge in [0.2, 0.25) is 0 Å². The highest BCUT2D eigenvalue weighted by Gasteiger charge is 2.02. The summed E-state index contributed by atoms with van der Waals surface area (Å²) in [6, 6.07) is 0. The fourth-order valence-corrected chi connectivity index (χ4v) is 4.64. The number of hydrogen-bond donors (Lipinski definition) is 1. The largest absolute Gasteiger partial charge is 0.309 e. The van der Waals surface area contributed by atoms with E-state index in [9.17, 15) is 0 Å². The molecular formula is C37H69N3. The van der Waals surface area contributed by atoms with Crippen LogP contribution >= 0.6 is 0 Å². The molecule has 232 valence electrons. The average molecular weight is 556 g/mol. The minimum Gasteiger partial charge on any atom is -0.309 e. The van der Waals surface area contributed by atoms with E-state index < -0.39 is 0 Å². The van der Waals surface area contributed by atoms with Crippen LogP contribution in [0.5, 0.6) is 0 Å². The molecule has 0 aliphatic heterocycles. The summed E-state index contributed by atoms with van der Waals surface area (Å²) in [7, 11) is 4.24. The van der Waals surface area contributed by atoms with Crippen LogP contribution in [0, 0.1) is 0 Å². The summed E-state index contributed by atoms with van der Waals surface area (Å²) in [6.45, 7) is 6.49. The fraction of sp³-hybridized carbons (Fsp3) is 0.757. The molecule has 0 unspecified atom stereocenters. The normalized spacial score (nSPS) is 12.2. The van der Waals surface area contributed by atoms with Gasteiger partial charge in [-0.05, 0) is 91.1 Å². The molecule has 3 heteroatoms. The zero-order chi connectivity index (χ0) is 29.2. The van der Waals surface area contributed by atoms with E-state index in [-0.39, 0.29) is 0 Å². The molecule has 0 amide bonds. The Morgan fingerprint density at radius 2 is 0.900 bits per heavy atom. The number of nitrogens with one attached hydrogen (secondary N) is 1. The number of rotatable bonds is 30. The molecule has 1 N–H and O–H groups in total. The molecule has 0 bridgehead atoms. The van der Waals surface area contributed by atoms with E-state index in [1.165, 1.54) is 134 Å². The lowest BCUT2D eigenvalue weighted by atomic mass is 10.0. The van der Waals surface area contributed by atoms with Crippen LogP contribution in [0.3, 0.4) is 0 Å². The predicted octanol–water partition coefficient (Wildman–Crippen LogP) is 11.3. The van der Waals surface area contributed by atoms with Crippen molar-refractivity contribution in [3.8, 4) is 0 Å². The van der Waals surface area contributed by atoms with Crippen molar-refractivity contribution in [2.45, 2.75) is 155 Å². The van der Waals surface area contributed by atoms with E-state index in [0.29, 0.717) is 0 Å². The fourth-order valence-electron chi connectivity index (χ4n) is 4.64. The zero-order valence-electron chi connectivity index (χ0n) is 27.5. The van der Waals surface area contributed by atoms with Crippen LogP contribution in [0.1, 0.15) is 155 Å². The second kappa shape index (κ2) is 33.6. The number of nitrogens with zero attached hydrogens (tertiary/aromatic N) is 2. The Balaban J connectivity index is 3.95. The van der Waals surface area contributed by atoms with E-state index in [1.807, 2.05) is 0 Å². The summed E-state index contributed by atoms with van der Waals surface area (Å²) >= 11 is 0. The Morgan fingerprint density at radius 1 is 0.525 bits per heavy atom. The summed E-state index contributed by atoms with van der Waals surface area (Å²) < 4.78 is 0. The lowest BCUT2D eigenvalue weighted by molar-refractivity contribution is 0.402. The van der Waals surface area contributed by atoms with E-state index in [4.69, 9.17) is 5.10 Å². The summed E-state index contributed by atoms with van der Waals surface area (Å²) in [5.41, 5.74) is 4.73. The summed E-state index contributed by atoms with van der Waals surface area (Å²) in [4.78, 5) is 2.21. The Hall–Kier alpha value is -1.61. The van der Waals surface area contributed by atoms with Crippen LogP contribution in [0.25, 0.3) is 0 Å². The molecule has 0 aromatic heterocycles. The SMILES string of the molecule is CCCCC/C=C/C=C/CCCCCCCC(CCCCCCC/C=C/C=C/CCCCC)=NNCCN(C)C. The molecule has 0 fully saturated rings. The van der Waals surface area contributed by atoms with Gasteiger partial charge in [0.05, 0.1) is 0 Å². The quantitative estimate of drug-likeness (QED) is 0.0413. The molecule has 0 aliphatic carbocycles. The average Bonchev–Trinajstić information content (AvgIpc) is 2.95. The van der Waals surface area contributed by atoms with Gasteiger partial charge in [0.25, 0.3) is 0 Å². The second-order valence-electron chi connectivity index (χ2n) is 11.7. The molecule has 3 nitrogen and oxygen atoms in total. The minimum atomic E-state index is 0.930. The first-order valence-electron chi connectivity index (χ1n) is 17.3. The number of unbranched alkanes of at least 4 members (excludes halogenated alkanes) is 16. The molecule has 0 spiro atoms. The third-order valence-electron chi connectivity index (χ3n) is 7.30. The van der Waals surface area contributed by atoms with Crippen LogP contribution in [0.15, 0.2) is 53.7 Å². The van der Waals surface area contributed by atoms with Gasteiger partial charge in [-0.2, -0.15) is 5.10 Å². The molecule has 0 saturated carbocycles.